The Bertz CT molecular complexity index is 735. The van der Waals surface area contributed by atoms with Crippen LogP contribution in [0.5, 0.6) is 5.75 Å². The summed E-state index contributed by atoms with van der Waals surface area (Å²) >= 11 is 0. The summed E-state index contributed by atoms with van der Waals surface area (Å²) in [6.45, 7) is 6.27. The topological polar surface area (TPSA) is 58.8 Å². The van der Waals surface area contributed by atoms with E-state index in [0.29, 0.717) is 11.3 Å². The number of methoxy groups -OCH3 is 1. The molecule has 25 heavy (non-hydrogen) atoms. The first-order valence-electron chi connectivity index (χ1n) is 8.57. The van der Waals surface area contributed by atoms with Crippen LogP contribution in [-0.4, -0.2) is 49.0 Å². The van der Waals surface area contributed by atoms with Gasteiger partial charge in [0.2, 0.25) is 0 Å². The van der Waals surface area contributed by atoms with Crippen LogP contribution in [0, 0.1) is 6.92 Å². The van der Waals surface area contributed by atoms with E-state index in [9.17, 15) is 4.79 Å². The Kier molecular flexibility index (Phi) is 5.24. The summed E-state index contributed by atoms with van der Waals surface area (Å²) in [6, 6.07) is 13.3. The van der Waals surface area contributed by atoms with Crippen molar-refractivity contribution in [1.29, 1.82) is 0 Å². The number of piperazine rings is 1. The molecule has 132 valence electrons. The summed E-state index contributed by atoms with van der Waals surface area (Å²) in [6.07, 6.45) is 0. The average molecular weight is 339 g/mol. The second-order valence-corrected chi connectivity index (χ2v) is 6.48. The molecular weight excluding hydrogens is 314 g/mol. The van der Waals surface area contributed by atoms with Crippen molar-refractivity contribution in [3.05, 3.63) is 59.2 Å². The van der Waals surface area contributed by atoms with Crippen LogP contribution >= 0.6 is 0 Å². The maximum absolute atomic E-state index is 12.6. The lowest BCUT2D eigenvalue weighted by Gasteiger charge is -2.35. The number of nitrogens with zero attached hydrogens (tertiary/aromatic N) is 2. The highest BCUT2D eigenvalue weighted by molar-refractivity contribution is 5.94. The Morgan fingerprint density at radius 3 is 2.36 bits per heavy atom. The second kappa shape index (κ2) is 7.57. The van der Waals surface area contributed by atoms with Crippen LogP contribution in [-0.2, 0) is 6.54 Å². The highest BCUT2D eigenvalue weighted by atomic mass is 16.5. The number of anilines is 1. The Hall–Kier alpha value is -2.53. The molecule has 0 radical (unpaired) electrons. The molecule has 0 aromatic heterocycles. The molecule has 1 aliphatic rings. The van der Waals surface area contributed by atoms with Crippen LogP contribution in [0.1, 0.15) is 21.5 Å². The molecule has 0 spiro atoms. The van der Waals surface area contributed by atoms with Crippen molar-refractivity contribution in [2.24, 2.45) is 0 Å². The van der Waals surface area contributed by atoms with E-state index >= 15 is 0 Å². The Balaban J connectivity index is 1.56. The number of hydrogen-bond donors (Lipinski definition) is 1. The van der Waals surface area contributed by atoms with Gasteiger partial charge in [0.25, 0.3) is 5.91 Å². The number of rotatable bonds is 4. The molecule has 5 nitrogen and oxygen atoms in total. The molecule has 3 rings (SSSR count). The van der Waals surface area contributed by atoms with E-state index in [2.05, 4.69) is 24.0 Å². The SMILES string of the molecule is COc1ccc(CN2CCN(C(=O)c3ccc(N)cc3)CC2)c(C)c1. The van der Waals surface area contributed by atoms with E-state index in [1.807, 2.05) is 11.0 Å². The van der Waals surface area contributed by atoms with Gasteiger partial charge in [0.1, 0.15) is 5.75 Å². The Labute approximate surface area is 149 Å². The lowest BCUT2D eigenvalue weighted by atomic mass is 10.1. The lowest BCUT2D eigenvalue weighted by Crippen LogP contribution is -2.48. The zero-order valence-electron chi connectivity index (χ0n) is 14.9. The molecule has 2 aromatic carbocycles. The van der Waals surface area contributed by atoms with E-state index in [1.165, 1.54) is 11.1 Å². The van der Waals surface area contributed by atoms with E-state index in [1.54, 1.807) is 31.4 Å². The van der Waals surface area contributed by atoms with Crippen molar-refractivity contribution >= 4 is 11.6 Å². The molecule has 2 N–H and O–H groups in total. The van der Waals surface area contributed by atoms with Crippen molar-refractivity contribution in [1.82, 2.24) is 9.80 Å². The molecule has 1 amide bonds. The Morgan fingerprint density at radius 2 is 1.76 bits per heavy atom. The molecule has 2 aromatic rings. The van der Waals surface area contributed by atoms with E-state index in [4.69, 9.17) is 10.5 Å². The fourth-order valence-corrected chi connectivity index (χ4v) is 3.13. The van der Waals surface area contributed by atoms with Gasteiger partial charge in [-0.2, -0.15) is 0 Å². The number of carbonyl (C=O) groups excluding carboxylic acids is 1. The van der Waals surface area contributed by atoms with Crippen molar-refractivity contribution in [2.75, 3.05) is 39.0 Å². The minimum atomic E-state index is 0.0836. The zero-order chi connectivity index (χ0) is 17.8. The molecule has 0 bridgehead atoms. The van der Waals surface area contributed by atoms with Crippen LogP contribution in [0.15, 0.2) is 42.5 Å². The predicted octanol–water partition coefficient (Wildman–Crippen LogP) is 2.54. The minimum absolute atomic E-state index is 0.0836. The van der Waals surface area contributed by atoms with Gasteiger partial charge in [-0.3, -0.25) is 9.69 Å². The minimum Gasteiger partial charge on any atom is -0.497 e. The van der Waals surface area contributed by atoms with E-state index in [-0.39, 0.29) is 5.91 Å². The number of amides is 1. The number of carbonyl (C=O) groups is 1. The third-order valence-corrected chi connectivity index (χ3v) is 4.76. The van der Waals surface area contributed by atoms with Crippen molar-refractivity contribution in [3.63, 3.8) is 0 Å². The summed E-state index contributed by atoms with van der Waals surface area (Å²) in [5.41, 5.74) is 9.61. The van der Waals surface area contributed by atoms with Gasteiger partial charge in [0.15, 0.2) is 0 Å². The highest BCUT2D eigenvalue weighted by Gasteiger charge is 2.22. The van der Waals surface area contributed by atoms with Gasteiger partial charge in [-0.05, 0) is 54.4 Å². The number of nitrogen functional groups attached to an aromatic ring is 1. The number of nitrogens with two attached hydrogens (primary N) is 1. The summed E-state index contributed by atoms with van der Waals surface area (Å²) in [4.78, 5) is 16.9. The van der Waals surface area contributed by atoms with Gasteiger partial charge in [-0.25, -0.2) is 0 Å². The largest absolute Gasteiger partial charge is 0.497 e. The summed E-state index contributed by atoms with van der Waals surface area (Å²) in [5.74, 6) is 0.973. The summed E-state index contributed by atoms with van der Waals surface area (Å²) < 4.78 is 5.26. The standard InChI is InChI=1S/C20H25N3O2/c1-15-13-19(25-2)8-5-17(15)14-22-9-11-23(12-10-22)20(24)16-3-6-18(21)7-4-16/h3-8,13H,9-12,14,21H2,1-2H3. The van der Waals surface area contributed by atoms with E-state index < -0.39 is 0 Å². The molecule has 5 heteroatoms. The third kappa shape index (κ3) is 4.12. The number of hydrogen-bond acceptors (Lipinski definition) is 4. The van der Waals surface area contributed by atoms with Gasteiger partial charge < -0.3 is 15.4 Å². The van der Waals surface area contributed by atoms with E-state index in [0.717, 1.165) is 38.5 Å². The third-order valence-electron chi connectivity index (χ3n) is 4.76. The van der Waals surface area contributed by atoms with Crippen molar-refractivity contribution in [3.8, 4) is 5.75 Å². The summed E-state index contributed by atoms with van der Waals surface area (Å²) in [5, 5.41) is 0. The van der Waals surface area contributed by atoms with Crippen molar-refractivity contribution < 1.29 is 9.53 Å². The summed E-state index contributed by atoms with van der Waals surface area (Å²) in [7, 11) is 1.69. The highest BCUT2D eigenvalue weighted by Crippen LogP contribution is 2.19. The smallest absolute Gasteiger partial charge is 0.253 e. The molecule has 0 saturated carbocycles. The van der Waals surface area contributed by atoms with Gasteiger partial charge in [0, 0.05) is 44.0 Å². The maximum atomic E-state index is 12.6. The van der Waals surface area contributed by atoms with Crippen molar-refractivity contribution in [2.45, 2.75) is 13.5 Å². The van der Waals surface area contributed by atoms with Crippen LogP contribution < -0.4 is 10.5 Å². The number of benzene rings is 2. The first-order valence-corrected chi connectivity index (χ1v) is 8.57. The molecule has 0 aliphatic carbocycles. The predicted molar refractivity (Wildman–Crippen MR) is 99.8 cm³/mol. The second-order valence-electron chi connectivity index (χ2n) is 6.48. The molecule has 0 unspecified atom stereocenters. The Morgan fingerprint density at radius 1 is 1.08 bits per heavy atom. The quantitative estimate of drug-likeness (QED) is 0.870. The zero-order valence-corrected chi connectivity index (χ0v) is 14.9. The van der Waals surface area contributed by atoms with Crippen LogP contribution in [0.3, 0.4) is 0 Å². The molecule has 1 aliphatic heterocycles. The molecule has 1 fully saturated rings. The van der Waals surface area contributed by atoms with Gasteiger partial charge in [-0.15, -0.1) is 0 Å². The normalized spacial score (nSPS) is 15.2. The molecule has 1 heterocycles. The maximum Gasteiger partial charge on any atom is 0.253 e. The van der Waals surface area contributed by atoms with Gasteiger partial charge in [-0.1, -0.05) is 6.07 Å². The first kappa shape index (κ1) is 17.3. The molecule has 0 atom stereocenters. The molecule has 1 saturated heterocycles. The number of aryl methyl sites for hydroxylation is 1. The van der Waals surface area contributed by atoms with Crippen LogP contribution in [0.4, 0.5) is 5.69 Å². The van der Waals surface area contributed by atoms with Crippen LogP contribution in [0.25, 0.3) is 0 Å². The monoisotopic (exact) mass is 339 g/mol. The lowest BCUT2D eigenvalue weighted by molar-refractivity contribution is 0.0628. The molecular formula is C20H25N3O2. The van der Waals surface area contributed by atoms with Crippen LogP contribution in [0.2, 0.25) is 0 Å². The average Bonchev–Trinajstić information content (AvgIpc) is 2.64. The van der Waals surface area contributed by atoms with Gasteiger partial charge in [0.05, 0.1) is 7.11 Å². The fourth-order valence-electron chi connectivity index (χ4n) is 3.13. The van der Waals surface area contributed by atoms with Gasteiger partial charge >= 0.3 is 0 Å². The first-order chi connectivity index (χ1) is 12.1. The number of ether oxygens (including phenoxy) is 1. The fraction of sp³-hybridized carbons (Fsp3) is 0.350.